The van der Waals surface area contributed by atoms with Crippen molar-refractivity contribution >= 4 is 54.2 Å². The first-order valence-corrected chi connectivity index (χ1v) is 12.7. The van der Waals surface area contributed by atoms with Gasteiger partial charge in [-0.15, -0.1) is 0 Å². The van der Waals surface area contributed by atoms with E-state index in [0.29, 0.717) is 24.8 Å². The number of nitrogens with zero attached hydrogens (tertiary/aromatic N) is 2. The molecule has 164 valence electrons. The van der Waals surface area contributed by atoms with Crippen LogP contribution in [0.1, 0.15) is 36.5 Å². The number of hydrogen-bond acceptors (Lipinski definition) is 6. The van der Waals surface area contributed by atoms with Crippen LogP contribution in [0.25, 0.3) is 10.2 Å². The van der Waals surface area contributed by atoms with Crippen LogP contribution in [-0.4, -0.2) is 43.3 Å². The molecule has 1 aliphatic heterocycles. The molecule has 31 heavy (non-hydrogen) atoms. The SMILES string of the molecule is CCOc1ccc2nc(NC(=O)c3cc(S(=O)(=O)N4CCCCC4)ccc3Cl)sc2c1. The van der Waals surface area contributed by atoms with Gasteiger partial charge in [0.25, 0.3) is 5.91 Å². The molecule has 7 nitrogen and oxygen atoms in total. The van der Waals surface area contributed by atoms with Gasteiger partial charge >= 0.3 is 0 Å². The Kier molecular flexibility index (Phi) is 6.47. The van der Waals surface area contributed by atoms with Crippen molar-refractivity contribution in [3.8, 4) is 5.75 Å². The molecular weight excluding hydrogens is 458 g/mol. The number of benzene rings is 2. The Balaban J connectivity index is 1.58. The summed E-state index contributed by atoms with van der Waals surface area (Å²) in [5.41, 5.74) is 0.824. The van der Waals surface area contributed by atoms with Gasteiger partial charge in [-0.2, -0.15) is 4.31 Å². The van der Waals surface area contributed by atoms with Gasteiger partial charge in [0.1, 0.15) is 5.75 Å². The quantitative estimate of drug-likeness (QED) is 0.549. The molecule has 0 unspecified atom stereocenters. The third-order valence-corrected chi connectivity index (χ3v) is 8.18. The van der Waals surface area contributed by atoms with E-state index < -0.39 is 15.9 Å². The number of carbonyl (C=O) groups excluding carboxylic acids is 1. The maximum Gasteiger partial charge on any atom is 0.259 e. The van der Waals surface area contributed by atoms with Gasteiger partial charge < -0.3 is 4.74 Å². The summed E-state index contributed by atoms with van der Waals surface area (Å²) in [7, 11) is -3.67. The molecule has 1 fully saturated rings. The van der Waals surface area contributed by atoms with Crippen LogP contribution in [0.15, 0.2) is 41.3 Å². The molecule has 0 atom stereocenters. The average molecular weight is 480 g/mol. The molecule has 2 aromatic carbocycles. The van der Waals surface area contributed by atoms with Crippen LogP contribution in [-0.2, 0) is 10.0 Å². The Morgan fingerprint density at radius 1 is 1.19 bits per heavy atom. The third kappa shape index (κ3) is 4.69. The van der Waals surface area contributed by atoms with Gasteiger partial charge in [-0.1, -0.05) is 29.4 Å². The number of rotatable bonds is 6. The second-order valence-corrected chi connectivity index (χ2v) is 10.5. The van der Waals surface area contributed by atoms with Crippen molar-refractivity contribution in [3.63, 3.8) is 0 Å². The Hall–Kier alpha value is -2.20. The highest BCUT2D eigenvalue weighted by Crippen LogP contribution is 2.31. The number of halogens is 1. The van der Waals surface area contributed by atoms with Crippen molar-refractivity contribution in [1.82, 2.24) is 9.29 Å². The van der Waals surface area contributed by atoms with E-state index in [1.54, 1.807) is 0 Å². The van der Waals surface area contributed by atoms with Gasteiger partial charge in [0, 0.05) is 13.1 Å². The lowest BCUT2D eigenvalue weighted by Gasteiger charge is -2.26. The zero-order chi connectivity index (χ0) is 22.0. The fourth-order valence-electron chi connectivity index (χ4n) is 3.47. The molecular formula is C21H22ClN3O4S2. The first-order chi connectivity index (χ1) is 14.9. The average Bonchev–Trinajstić information content (AvgIpc) is 3.16. The number of carbonyl (C=O) groups is 1. The Labute approximate surface area is 190 Å². The zero-order valence-corrected chi connectivity index (χ0v) is 19.3. The number of ether oxygens (including phenoxy) is 1. The molecule has 1 saturated heterocycles. The maximum absolute atomic E-state index is 13.0. The van der Waals surface area contributed by atoms with Crippen LogP contribution in [0.3, 0.4) is 0 Å². The highest BCUT2D eigenvalue weighted by molar-refractivity contribution is 7.89. The van der Waals surface area contributed by atoms with E-state index in [1.165, 1.54) is 33.8 Å². The topological polar surface area (TPSA) is 88.6 Å². The molecule has 0 radical (unpaired) electrons. The van der Waals surface area contributed by atoms with Crippen LogP contribution in [0, 0.1) is 0 Å². The monoisotopic (exact) mass is 479 g/mol. The number of fused-ring (bicyclic) bond motifs is 1. The second kappa shape index (κ2) is 9.12. The van der Waals surface area contributed by atoms with Gasteiger partial charge in [0.15, 0.2) is 5.13 Å². The number of nitrogens with one attached hydrogen (secondary N) is 1. The Morgan fingerprint density at radius 2 is 1.97 bits per heavy atom. The standard InChI is InChI=1S/C21H22ClN3O4S2/c1-2-29-14-6-9-18-19(12-14)30-21(23-18)24-20(26)16-13-15(7-8-17(16)22)31(27,28)25-10-4-3-5-11-25/h6-9,12-13H,2-5,10-11H2,1H3,(H,23,24,26). The van der Waals surface area contributed by atoms with Gasteiger partial charge in [0.05, 0.1) is 32.3 Å². The normalized spacial score (nSPS) is 15.2. The van der Waals surface area contributed by atoms with E-state index >= 15 is 0 Å². The summed E-state index contributed by atoms with van der Waals surface area (Å²) < 4.78 is 33.8. The van der Waals surface area contributed by atoms with Crippen LogP contribution >= 0.6 is 22.9 Å². The smallest absolute Gasteiger partial charge is 0.259 e. The highest BCUT2D eigenvalue weighted by atomic mass is 35.5. The predicted octanol–water partition coefficient (Wildman–Crippen LogP) is 4.78. The van der Waals surface area contributed by atoms with Crippen LogP contribution in [0.4, 0.5) is 5.13 Å². The summed E-state index contributed by atoms with van der Waals surface area (Å²) >= 11 is 7.53. The van der Waals surface area contributed by atoms with E-state index in [9.17, 15) is 13.2 Å². The lowest BCUT2D eigenvalue weighted by molar-refractivity contribution is 0.102. The fraction of sp³-hybridized carbons (Fsp3) is 0.333. The van der Waals surface area contributed by atoms with Crippen molar-refractivity contribution in [2.75, 3.05) is 25.0 Å². The summed E-state index contributed by atoms with van der Waals surface area (Å²) in [4.78, 5) is 17.4. The third-order valence-electron chi connectivity index (χ3n) is 5.03. The fourth-order valence-corrected chi connectivity index (χ4v) is 6.11. The molecule has 0 saturated carbocycles. The molecule has 2 heterocycles. The Bertz CT molecular complexity index is 1220. The zero-order valence-electron chi connectivity index (χ0n) is 16.9. The van der Waals surface area contributed by atoms with E-state index in [1.807, 2.05) is 25.1 Å². The number of thiazole rings is 1. The first kappa shape index (κ1) is 22.0. The second-order valence-electron chi connectivity index (χ2n) is 7.14. The highest BCUT2D eigenvalue weighted by Gasteiger charge is 2.27. The minimum Gasteiger partial charge on any atom is -0.494 e. The minimum absolute atomic E-state index is 0.0645. The molecule has 10 heteroatoms. The number of sulfonamides is 1. The van der Waals surface area contributed by atoms with Crippen molar-refractivity contribution in [1.29, 1.82) is 0 Å². The van der Waals surface area contributed by atoms with E-state index in [-0.39, 0.29) is 15.5 Å². The van der Waals surface area contributed by atoms with Crippen molar-refractivity contribution in [2.45, 2.75) is 31.1 Å². The number of hydrogen-bond donors (Lipinski definition) is 1. The first-order valence-electron chi connectivity index (χ1n) is 10.0. The summed E-state index contributed by atoms with van der Waals surface area (Å²) in [6, 6.07) is 9.73. The molecule has 4 rings (SSSR count). The molecule has 1 N–H and O–H groups in total. The lowest BCUT2D eigenvalue weighted by Crippen LogP contribution is -2.35. The Morgan fingerprint density at radius 3 is 2.71 bits per heavy atom. The molecule has 0 aliphatic carbocycles. The minimum atomic E-state index is -3.67. The van der Waals surface area contributed by atoms with Crippen LogP contribution in [0.5, 0.6) is 5.75 Å². The lowest BCUT2D eigenvalue weighted by atomic mass is 10.2. The van der Waals surface area contributed by atoms with Crippen LogP contribution in [0.2, 0.25) is 5.02 Å². The van der Waals surface area contributed by atoms with Crippen molar-refractivity contribution in [3.05, 3.63) is 47.0 Å². The molecule has 1 aromatic heterocycles. The van der Waals surface area contributed by atoms with Gasteiger partial charge in [0.2, 0.25) is 10.0 Å². The van der Waals surface area contributed by atoms with E-state index in [2.05, 4.69) is 10.3 Å². The van der Waals surface area contributed by atoms with Crippen molar-refractivity contribution < 1.29 is 17.9 Å². The summed E-state index contributed by atoms with van der Waals surface area (Å²) in [5, 5.41) is 3.31. The van der Waals surface area contributed by atoms with Gasteiger partial charge in [-0.25, -0.2) is 13.4 Å². The molecule has 1 aliphatic rings. The maximum atomic E-state index is 13.0. The summed E-state index contributed by atoms with van der Waals surface area (Å²) in [6.07, 6.45) is 2.69. The van der Waals surface area contributed by atoms with E-state index in [0.717, 1.165) is 35.2 Å². The van der Waals surface area contributed by atoms with Gasteiger partial charge in [-0.05, 0) is 56.2 Å². The summed E-state index contributed by atoms with van der Waals surface area (Å²) in [5.74, 6) is 0.222. The number of aromatic nitrogens is 1. The number of anilines is 1. The van der Waals surface area contributed by atoms with Crippen molar-refractivity contribution in [2.24, 2.45) is 0 Å². The van der Waals surface area contributed by atoms with Crippen LogP contribution < -0.4 is 10.1 Å². The molecule has 0 bridgehead atoms. The summed E-state index contributed by atoms with van der Waals surface area (Å²) in [6.45, 7) is 3.44. The molecule has 3 aromatic rings. The molecule has 0 spiro atoms. The number of amides is 1. The number of piperidine rings is 1. The van der Waals surface area contributed by atoms with E-state index in [4.69, 9.17) is 16.3 Å². The molecule has 1 amide bonds. The van der Waals surface area contributed by atoms with Gasteiger partial charge in [-0.3, -0.25) is 10.1 Å². The predicted molar refractivity (Wildman–Crippen MR) is 123 cm³/mol. The largest absolute Gasteiger partial charge is 0.494 e.